The Labute approximate surface area is 89.9 Å². The fourth-order valence-corrected chi connectivity index (χ4v) is 1.61. The number of rotatable bonds is 1. The number of carbonyl (C=O) groups is 1. The molecule has 0 saturated heterocycles. The molecule has 0 aliphatic carbocycles. The Bertz CT molecular complexity index is 440. The van der Waals surface area contributed by atoms with E-state index in [1.807, 2.05) is 0 Å². The highest BCUT2D eigenvalue weighted by Crippen LogP contribution is 2.24. The van der Waals surface area contributed by atoms with Crippen LogP contribution in [0.2, 0.25) is 5.02 Å². The van der Waals surface area contributed by atoms with Crippen LogP contribution in [0.4, 0.5) is 4.39 Å². The average Bonchev–Trinajstić information content (AvgIpc) is 2.43. The number of aliphatic imine (C=N–C) groups is 1. The van der Waals surface area contributed by atoms with Gasteiger partial charge in [0, 0.05) is 5.02 Å². The van der Waals surface area contributed by atoms with Crippen molar-refractivity contribution in [3.63, 3.8) is 0 Å². The molecule has 2 rings (SSSR count). The molecule has 0 saturated carbocycles. The summed E-state index contributed by atoms with van der Waals surface area (Å²) in [4.78, 5) is 15.2. The minimum absolute atomic E-state index is 0.0328. The van der Waals surface area contributed by atoms with Crippen molar-refractivity contribution in [2.75, 3.05) is 0 Å². The molecule has 4 nitrogen and oxygen atoms in total. The predicted octanol–water partition coefficient (Wildman–Crippen LogP) is 0.965. The Kier molecular flexibility index (Phi) is 2.32. The molecule has 1 atom stereocenters. The number of nitrogens with zero attached hydrogens (tertiary/aromatic N) is 1. The summed E-state index contributed by atoms with van der Waals surface area (Å²) in [5, 5.41) is 2.55. The van der Waals surface area contributed by atoms with Gasteiger partial charge in [0.2, 0.25) is 0 Å². The summed E-state index contributed by atoms with van der Waals surface area (Å²) < 4.78 is 13.0. The van der Waals surface area contributed by atoms with Crippen molar-refractivity contribution in [2.45, 2.75) is 6.04 Å². The molecule has 1 aromatic carbocycles. The summed E-state index contributed by atoms with van der Waals surface area (Å²) in [6.45, 7) is 0. The van der Waals surface area contributed by atoms with Gasteiger partial charge in [-0.1, -0.05) is 11.6 Å². The maximum atomic E-state index is 13.0. The van der Waals surface area contributed by atoms with Crippen molar-refractivity contribution >= 4 is 23.5 Å². The first kappa shape index (κ1) is 9.92. The lowest BCUT2D eigenvalue weighted by molar-refractivity contribution is -0.120. The molecule has 6 heteroatoms. The summed E-state index contributed by atoms with van der Waals surface area (Å²) in [6, 6.07) is 3.04. The van der Waals surface area contributed by atoms with Crippen LogP contribution in [0.15, 0.2) is 23.2 Å². The molecular formula is C9H7ClFN3O. The molecule has 3 N–H and O–H groups in total. The first-order chi connectivity index (χ1) is 7.06. The largest absolute Gasteiger partial charge is 0.370 e. The second-order valence-electron chi connectivity index (χ2n) is 3.11. The SMILES string of the molecule is NC1=NC(c2cc(F)cc(Cl)c2)C(=O)N1. The molecule has 1 aliphatic rings. The number of hydrogen-bond acceptors (Lipinski definition) is 3. The van der Waals surface area contributed by atoms with E-state index in [1.165, 1.54) is 12.1 Å². The highest BCUT2D eigenvalue weighted by Gasteiger charge is 2.27. The maximum Gasteiger partial charge on any atom is 0.256 e. The minimum atomic E-state index is -0.807. The number of nitrogens with one attached hydrogen (secondary N) is 1. The second kappa shape index (κ2) is 3.51. The van der Waals surface area contributed by atoms with Crippen LogP contribution in [0.5, 0.6) is 0 Å². The van der Waals surface area contributed by atoms with Crippen LogP contribution < -0.4 is 11.1 Å². The third kappa shape index (κ3) is 1.92. The Morgan fingerprint density at radius 3 is 2.73 bits per heavy atom. The van der Waals surface area contributed by atoms with Crippen LogP contribution in [0, 0.1) is 5.82 Å². The third-order valence-electron chi connectivity index (χ3n) is 1.97. The fourth-order valence-electron chi connectivity index (χ4n) is 1.38. The minimum Gasteiger partial charge on any atom is -0.370 e. The molecule has 1 amide bonds. The Morgan fingerprint density at radius 2 is 2.20 bits per heavy atom. The average molecular weight is 228 g/mol. The van der Waals surface area contributed by atoms with Crippen LogP contribution in [0.25, 0.3) is 0 Å². The lowest BCUT2D eigenvalue weighted by Gasteiger charge is -2.05. The molecule has 1 heterocycles. The maximum absolute atomic E-state index is 13.0. The zero-order valence-electron chi connectivity index (χ0n) is 7.50. The van der Waals surface area contributed by atoms with E-state index in [-0.39, 0.29) is 16.9 Å². The standard InChI is InChI=1S/C9H7ClFN3O/c10-5-1-4(2-6(11)3-5)7-8(15)14-9(12)13-7/h1-3,7H,(H3,12,13,14,15). The molecule has 78 valence electrons. The second-order valence-corrected chi connectivity index (χ2v) is 3.55. The molecule has 15 heavy (non-hydrogen) atoms. The zero-order valence-corrected chi connectivity index (χ0v) is 8.25. The van der Waals surface area contributed by atoms with Crippen molar-refractivity contribution in [1.82, 2.24) is 5.32 Å². The molecule has 1 aromatic rings. The molecule has 0 radical (unpaired) electrons. The third-order valence-corrected chi connectivity index (χ3v) is 2.19. The van der Waals surface area contributed by atoms with E-state index in [4.69, 9.17) is 17.3 Å². The number of amides is 1. The lowest BCUT2D eigenvalue weighted by atomic mass is 10.1. The van der Waals surface area contributed by atoms with E-state index in [9.17, 15) is 9.18 Å². The Balaban J connectivity index is 2.41. The van der Waals surface area contributed by atoms with Crippen LogP contribution in [0.3, 0.4) is 0 Å². The van der Waals surface area contributed by atoms with Gasteiger partial charge < -0.3 is 5.73 Å². The highest BCUT2D eigenvalue weighted by molar-refractivity contribution is 6.30. The number of nitrogens with two attached hydrogens (primary N) is 1. The lowest BCUT2D eigenvalue weighted by Crippen LogP contribution is -2.31. The van der Waals surface area contributed by atoms with E-state index in [0.717, 1.165) is 6.07 Å². The van der Waals surface area contributed by atoms with Crippen LogP contribution in [0.1, 0.15) is 11.6 Å². The van der Waals surface area contributed by atoms with Gasteiger partial charge in [0.15, 0.2) is 12.0 Å². The number of halogens is 2. The van der Waals surface area contributed by atoms with E-state index >= 15 is 0 Å². The molecule has 1 unspecified atom stereocenters. The summed E-state index contributed by atoms with van der Waals surface area (Å²) in [5.41, 5.74) is 5.71. The molecule has 0 fully saturated rings. The highest BCUT2D eigenvalue weighted by atomic mass is 35.5. The molecular weight excluding hydrogens is 221 g/mol. The normalized spacial score (nSPS) is 20.0. The van der Waals surface area contributed by atoms with Crippen molar-refractivity contribution in [2.24, 2.45) is 10.7 Å². The van der Waals surface area contributed by atoms with Gasteiger partial charge in [-0.2, -0.15) is 0 Å². The van der Waals surface area contributed by atoms with E-state index in [2.05, 4.69) is 10.3 Å². The van der Waals surface area contributed by atoms with E-state index in [1.54, 1.807) is 0 Å². The predicted molar refractivity (Wildman–Crippen MR) is 53.9 cm³/mol. The van der Waals surface area contributed by atoms with Gasteiger partial charge in [-0.3, -0.25) is 10.1 Å². The monoisotopic (exact) mass is 227 g/mol. The van der Waals surface area contributed by atoms with Crippen LogP contribution >= 0.6 is 11.6 Å². The smallest absolute Gasteiger partial charge is 0.256 e. The zero-order chi connectivity index (χ0) is 11.0. The molecule has 0 aromatic heterocycles. The summed E-state index contributed by atoms with van der Waals surface area (Å²) in [5.74, 6) is -0.856. The van der Waals surface area contributed by atoms with Crippen molar-refractivity contribution < 1.29 is 9.18 Å². The molecule has 1 aliphatic heterocycles. The fraction of sp³-hybridized carbons (Fsp3) is 0.111. The number of hydrogen-bond donors (Lipinski definition) is 2. The van der Waals surface area contributed by atoms with Crippen molar-refractivity contribution in [3.8, 4) is 0 Å². The van der Waals surface area contributed by atoms with E-state index in [0.29, 0.717) is 5.56 Å². The Hall–Kier alpha value is -1.62. The van der Waals surface area contributed by atoms with Gasteiger partial charge in [-0.05, 0) is 23.8 Å². The molecule has 0 spiro atoms. The van der Waals surface area contributed by atoms with E-state index < -0.39 is 11.9 Å². The van der Waals surface area contributed by atoms with Crippen molar-refractivity contribution in [3.05, 3.63) is 34.6 Å². The number of guanidine groups is 1. The first-order valence-corrected chi connectivity index (χ1v) is 4.54. The van der Waals surface area contributed by atoms with Gasteiger partial charge in [-0.15, -0.1) is 0 Å². The summed E-state index contributed by atoms with van der Waals surface area (Å²) in [7, 11) is 0. The van der Waals surface area contributed by atoms with Gasteiger partial charge >= 0.3 is 0 Å². The summed E-state index contributed by atoms with van der Waals surface area (Å²) >= 11 is 5.66. The topological polar surface area (TPSA) is 67.5 Å². The molecule has 0 bridgehead atoms. The van der Waals surface area contributed by atoms with Gasteiger partial charge in [0.05, 0.1) is 0 Å². The van der Waals surface area contributed by atoms with Crippen molar-refractivity contribution in [1.29, 1.82) is 0 Å². The first-order valence-electron chi connectivity index (χ1n) is 4.16. The van der Waals surface area contributed by atoms with Gasteiger partial charge in [0.25, 0.3) is 5.91 Å². The van der Waals surface area contributed by atoms with Gasteiger partial charge in [0.1, 0.15) is 5.82 Å². The summed E-state index contributed by atoms with van der Waals surface area (Å²) in [6.07, 6.45) is 0. The number of carbonyl (C=O) groups excluding carboxylic acids is 1. The van der Waals surface area contributed by atoms with Crippen LogP contribution in [-0.4, -0.2) is 11.9 Å². The quantitative estimate of drug-likeness (QED) is 0.751. The van der Waals surface area contributed by atoms with Gasteiger partial charge in [-0.25, -0.2) is 9.38 Å². The Morgan fingerprint density at radius 1 is 1.47 bits per heavy atom. The number of benzene rings is 1. The van der Waals surface area contributed by atoms with Crippen LogP contribution in [-0.2, 0) is 4.79 Å².